The minimum absolute atomic E-state index is 0.0217. The van der Waals surface area contributed by atoms with E-state index >= 15 is 0 Å². The van der Waals surface area contributed by atoms with Gasteiger partial charge in [-0.1, -0.05) is 13.0 Å². The maximum absolute atomic E-state index is 12.8. The predicted molar refractivity (Wildman–Crippen MR) is 108 cm³/mol. The number of carbonyl (C=O) groups excluding carboxylic acids is 1. The third-order valence-corrected chi connectivity index (χ3v) is 5.04. The molecule has 3 rings (SSSR count). The van der Waals surface area contributed by atoms with E-state index < -0.39 is 0 Å². The number of nitrogens with one attached hydrogen (secondary N) is 1. The van der Waals surface area contributed by atoms with Crippen LogP contribution in [0.4, 0.5) is 5.95 Å². The van der Waals surface area contributed by atoms with E-state index in [4.69, 9.17) is 9.47 Å². The molecule has 0 saturated carbocycles. The number of hydrogen-bond donors (Lipinski definition) is 1. The fraction of sp³-hybridized carbons (Fsp3) is 0.476. The minimum Gasteiger partial charge on any atom is -0.493 e. The fourth-order valence-electron chi connectivity index (χ4n) is 3.30. The van der Waals surface area contributed by atoms with Crippen molar-refractivity contribution in [1.82, 2.24) is 14.9 Å². The summed E-state index contributed by atoms with van der Waals surface area (Å²) in [6.07, 6.45) is 2.08. The molecule has 0 radical (unpaired) electrons. The van der Waals surface area contributed by atoms with Crippen LogP contribution in [-0.4, -0.2) is 48.1 Å². The van der Waals surface area contributed by atoms with Gasteiger partial charge in [-0.15, -0.1) is 0 Å². The average Bonchev–Trinajstić information content (AvgIpc) is 2.71. The maximum Gasteiger partial charge on any atom is 0.272 e. The number of rotatable bonds is 6. The van der Waals surface area contributed by atoms with E-state index in [1.54, 1.807) is 20.3 Å². The molecule has 7 heteroatoms. The third-order valence-electron chi connectivity index (χ3n) is 5.04. The van der Waals surface area contributed by atoms with E-state index in [1.165, 1.54) is 0 Å². The highest BCUT2D eigenvalue weighted by Crippen LogP contribution is 2.27. The van der Waals surface area contributed by atoms with Crippen LogP contribution in [0.5, 0.6) is 11.5 Å². The lowest BCUT2D eigenvalue weighted by atomic mass is 9.99. The van der Waals surface area contributed by atoms with Crippen molar-refractivity contribution in [2.75, 3.05) is 32.6 Å². The number of anilines is 1. The molecule has 0 spiro atoms. The molecule has 1 aliphatic rings. The molecule has 1 aromatic carbocycles. The van der Waals surface area contributed by atoms with Crippen LogP contribution in [-0.2, 0) is 6.54 Å². The molecule has 1 amide bonds. The highest BCUT2D eigenvalue weighted by atomic mass is 16.5. The second-order valence-electron chi connectivity index (χ2n) is 7.24. The Balaban J connectivity index is 1.70. The first-order chi connectivity index (χ1) is 13.5. The van der Waals surface area contributed by atoms with Crippen LogP contribution in [0.1, 0.15) is 41.5 Å². The normalized spacial score (nSPS) is 14.6. The summed E-state index contributed by atoms with van der Waals surface area (Å²) < 4.78 is 10.6. The third kappa shape index (κ3) is 4.71. The second-order valence-corrected chi connectivity index (χ2v) is 7.24. The first-order valence-electron chi connectivity index (χ1n) is 9.60. The van der Waals surface area contributed by atoms with Crippen LogP contribution in [0.25, 0.3) is 0 Å². The number of aryl methyl sites for hydroxylation is 1. The quantitative estimate of drug-likeness (QED) is 0.824. The van der Waals surface area contributed by atoms with Crippen LogP contribution in [0.15, 0.2) is 24.3 Å². The van der Waals surface area contributed by atoms with Crippen molar-refractivity contribution >= 4 is 11.9 Å². The van der Waals surface area contributed by atoms with Crippen LogP contribution >= 0.6 is 0 Å². The van der Waals surface area contributed by atoms with Gasteiger partial charge < -0.3 is 19.7 Å². The summed E-state index contributed by atoms with van der Waals surface area (Å²) in [4.78, 5) is 23.6. The van der Waals surface area contributed by atoms with E-state index in [9.17, 15) is 4.79 Å². The lowest BCUT2D eigenvalue weighted by Gasteiger charge is -2.30. The van der Waals surface area contributed by atoms with E-state index in [2.05, 4.69) is 22.2 Å². The molecule has 1 aliphatic heterocycles. The number of ether oxygens (including phenoxy) is 2. The molecule has 0 aliphatic carbocycles. The lowest BCUT2D eigenvalue weighted by Crippen LogP contribution is -2.38. The van der Waals surface area contributed by atoms with Gasteiger partial charge in [-0.25, -0.2) is 9.97 Å². The van der Waals surface area contributed by atoms with Crippen molar-refractivity contribution in [3.8, 4) is 11.5 Å². The summed E-state index contributed by atoms with van der Waals surface area (Å²) in [7, 11) is 3.22. The Morgan fingerprint density at radius 2 is 1.86 bits per heavy atom. The van der Waals surface area contributed by atoms with E-state index in [0.29, 0.717) is 35.6 Å². The summed E-state index contributed by atoms with van der Waals surface area (Å²) in [5, 5.41) is 3.21. The Labute approximate surface area is 166 Å². The zero-order valence-electron chi connectivity index (χ0n) is 17.0. The van der Waals surface area contributed by atoms with Gasteiger partial charge in [0.15, 0.2) is 11.5 Å². The molecule has 0 atom stereocenters. The number of likely N-dealkylation sites (tertiary alicyclic amines) is 1. The molecule has 2 aromatic rings. The van der Waals surface area contributed by atoms with E-state index in [-0.39, 0.29) is 5.91 Å². The van der Waals surface area contributed by atoms with Crippen LogP contribution in [0.2, 0.25) is 0 Å². The van der Waals surface area contributed by atoms with Crippen LogP contribution < -0.4 is 14.8 Å². The number of methoxy groups -OCH3 is 2. The lowest BCUT2D eigenvalue weighted by molar-refractivity contribution is 0.0691. The highest BCUT2D eigenvalue weighted by Gasteiger charge is 2.23. The molecule has 7 nitrogen and oxygen atoms in total. The molecule has 0 unspecified atom stereocenters. The molecule has 150 valence electrons. The SMILES string of the molecule is COc1ccc(CNc2nc(C)cc(C(=O)N3CCC(C)CC3)n2)cc1OC. The highest BCUT2D eigenvalue weighted by molar-refractivity contribution is 5.92. The first kappa shape index (κ1) is 19.9. The topological polar surface area (TPSA) is 76.6 Å². The predicted octanol–water partition coefficient (Wildman–Crippen LogP) is 3.29. The molecular weight excluding hydrogens is 356 g/mol. The molecule has 1 fully saturated rings. The van der Waals surface area contributed by atoms with E-state index in [1.807, 2.05) is 30.0 Å². The van der Waals surface area contributed by atoms with Crippen LogP contribution in [0.3, 0.4) is 0 Å². The molecule has 2 heterocycles. The number of carbonyl (C=O) groups is 1. The number of aromatic nitrogens is 2. The first-order valence-corrected chi connectivity index (χ1v) is 9.60. The van der Waals surface area contributed by atoms with Crippen molar-refractivity contribution in [2.45, 2.75) is 33.2 Å². The van der Waals surface area contributed by atoms with Gasteiger partial charge in [0.1, 0.15) is 5.69 Å². The van der Waals surface area contributed by atoms with Crippen molar-refractivity contribution in [3.05, 3.63) is 41.2 Å². The van der Waals surface area contributed by atoms with Gasteiger partial charge in [-0.05, 0) is 49.4 Å². The van der Waals surface area contributed by atoms with Gasteiger partial charge in [-0.2, -0.15) is 0 Å². The Kier molecular flexibility index (Phi) is 6.34. The Morgan fingerprint density at radius 3 is 2.54 bits per heavy atom. The number of piperidine rings is 1. The average molecular weight is 384 g/mol. The fourth-order valence-corrected chi connectivity index (χ4v) is 3.30. The summed E-state index contributed by atoms with van der Waals surface area (Å²) in [6.45, 7) is 6.19. The molecule has 1 N–H and O–H groups in total. The van der Waals surface area contributed by atoms with Gasteiger partial charge in [0.05, 0.1) is 14.2 Å². The summed E-state index contributed by atoms with van der Waals surface area (Å²) in [5.74, 6) is 2.45. The van der Waals surface area contributed by atoms with Crippen molar-refractivity contribution in [1.29, 1.82) is 0 Å². The van der Waals surface area contributed by atoms with Gasteiger partial charge >= 0.3 is 0 Å². The maximum atomic E-state index is 12.8. The van der Waals surface area contributed by atoms with Crippen molar-refractivity contribution in [2.24, 2.45) is 5.92 Å². The molecule has 1 saturated heterocycles. The number of benzene rings is 1. The Bertz CT molecular complexity index is 832. The smallest absolute Gasteiger partial charge is 0.272 e. The monoisotopic (exact) mass is 384 g/mol. The molecule has 0 bridgehead atoms. The molecule has 1 aromatic heterocycles. The van der Waals surface area contributed by atoms with Gasteiger partial charge in [0.2, 0.25) is 5.95 Å². The van der Waals surface area contributed by atoms with Crippen molar-refractivity contribution in [3.63, 3.8) is 0 Å². The summed E-state index contributed by atoms with van der Waals surface area (Å²) in [6, 6.07) is 7.47. The zero-order chi connectivity index (χ0) is 20.1. The number of nitrogens with zero attached hydrogens (tertiary/aromatic N) is 3. The Morgan fingerprint density at radius 1 is 1.14 bits per heavy atom. The largest absolute Gasteiger partial charge is 0.493 e. The zero-order valence-corrected chi connectivity index (χ0v) is 17.0. The number of amides is 1. The summed E-state index contributed by atoms with van der Waals surface area (Å²) in [5.41, 5.74) is 2.20. The standard InChI is InChI=1S/C21H28N4O3/c1-14-7-9-25(10-8-14)20(26)17-11-15(2)23-21(24-17)22-13-16-5-6-18(27-3)19(12-16)28-4/h5-6,11-12,14H,7-10,13H2,1-4H3,(H,22,23,24). The number of hydrogen-bond acceptors (Lipinski definition) is 6. The van der Waals surface area contributed by atoms with Gasteiger partial charge in [0.25, 0.3) is 5.91 Å². The van der Waals surface area contributed by atoms with Gasteiger partial charge in [0, 0.05) is 25.3 Å². The Hall–Kier alpha value is -2.83. The summed E-state index contributed by atoms with van der Waals surface area (Å²) >= 11 is 0. The molecule has 28 heavy (non-hydrogen) atoms. The van der Waals surface area contributed by atoms with Crippen LogP contribution in [0, 0.1) is 12.8 Å². The second kappa shape index (κ2) is 8.91. The molecular formula is C21H28N4O3. The minimum atomic E-state index is -0.0217. The van der Waals surface area contributed by atoms with Gasteiger partial charge in [-0.3, -0.25) is 4.79 Å². The van der Waals surface area contributed by atoms with E-state index in [0.717, 1.165) is 37.2 Å². The van der Waals surface area contributed by atoms with Crippen molar-refractivity contribution < 1.29 is 14.3 Å².